The van der Waals surface area contributed by atoms with Crippen molar-refractivity contribution in [1.29, 1.82) is 0 Å². The smallest absolute Gasteiger partial charge is 0.0892 e. The van der Waals surface area contributed by atoms with E-state index in [9.17, 15) is 0 Å². The summed E-state index contributed by atoms with van der Waals surface area (Å²) in [6, 6.07) is 0.392. The minimum atomic E-state index is 0.392. The topological polar surface area (TPSA) is 42.2 Å². The van der Waals surface area contributed by atoms with Crippen molar-refractivity contribution in [3.8, 4) is 0 Å². The Kier molecular flexibility index (Phi) is 5.33. The SMILES string of the molecule is CCCCCCC(NCC)c1cnn2ccncc12. The fourth-order valence-electron chi connectivity index (χ4n) is 2.51. The summed E-state index contributed by atoms with van der Waals surface area (Å²) in [5.74, 6) is 0. The van der Waals surface area contributed by atoms with Crippen molar-refractivity contribution >= 4 is 5.52 Å². The van der Waals surface area contributed by atoms with E-state index in [2.05, 4.69) is 29.2 Å². The normalized spacial score (nSPS) is 12.9. The second-order valence-corrected chi connectivity index (χ2v) is 4.97. The molecule has 2 aromatic heterocycles. The van der Waals surface area contributed by atoms with E-state index in [1.54, 1.807) is 6.20 Å². The summed E-state index contributed by atoms with van der Waals surface area (Å²) >= 11 is 0. The third-order valence-corrected chi connectivity index (χ3v) is 3.53. The van der Waals surface area contributed by atoms with E-state index in [0.29, 0.717) is 6.04 Å². The van der Waals surface area contributed by atoms with Gasteiger partial charge in [-0.2, -0.15) is 5.10 Å². The van der Waals surface area contributed by atoms with Crippen LogP contribution in [0.5, 0.6) is 0 Å². The number of fused-ring (bicyclic) bond motifs is 1. The molecule has 1 N–H and O–H groups in total. The number of hydrogen-bond donors (Lipinski definition) is 1. The van der Waals surface area contributed by atoms with Crippen LogP contribution in [0.3, 0.4) is 0 Å². The van der Waals surface area contributed by atoms with Crippen LogP contribution in [-0.4, -0.2) is 21.1 Å². The highest BCUT2D eigenvalue weighted by molar-refractivity contribution is 5.53. The fourth-order valence-corrected chi connectivity index (χ4v) is 2.51. The summed E-state index contributed by atoms with van der Waals surface area (Å²) in [6.07, 6.45) is 13.9. The van der Waals surface area contributed by atoms with Gasteiger partial charge in [-0.05, 0) is 13.0 Å². The largest absolute Gasteiger partial charge is 0.310 e. The molecule has 2 aromatic rings. The van der Waals surface area contributed by atoms with Crippen LogP contribution < -0.4 is 5.32 Å². The van der Waals surface area contributed by atoms with Crippen LogP contribution in [0.25, 0.3) is 5.52 Å². The van der Waals surface area contributed by atoms with Crippen molar-refractivity contribution in [1.82, 2.24) is 19.9 Å². The van der Waals surface area contributed by atoms with Gasteiger partial charge in [0, 0.05) is 24.0 Å². The quantitative estimate of drug-likeness (QED) is 0.740. The zero-order valence-corrected chi connectivity index (χ0v) is 12.0. The fraction of sp³-hybridized carbons (Fsp3) is 0.600. The van der Waals surface area contributed by atoms with Crippen LogP contribution >= 0.6 is 0 Å². The van der Waals surface area contributed by atoms with E-state index in [1.807, 2.05) is 23.1 Å². The van der Waals surface area contributed by atoms with Gasteiger partial charge in [0.1, 0.15) is 0 Å². The zero-order valence-electron chi connectivity index (χ0n) is 12.0. The Bertz CT molecular complexity index is 492. The highest BCUT2D eigenvalue weighted by atomic mass is 15.2. The van der Waals surface area contributed by atoms with Gasteiger partial charge in [0.05, 0.1) is 17.9 Å². The molecule has 2 heterocycles. The minimum Gasteiger partial charge on any atom is -0.310 e. The molecule has 0 fully saturated rings. The average Bonchev–Trinajstić information content (AvgIpc) is 2.86. The summed E-state index contributed by atoms with van der Waals surface area (Å²) in [5, 5.41) is 7.98. The second kappa shape index (κ2) is 7.24. The molecule has 0 radical (unpaired) electrons. The molecule has 0 bridgehead atoms. The van der Waals surface area contributed by atoms with Crippen molar-refractivity contribution in [3.05, 3.63) is 30.4 Å². The molecular weight excluding hydrogens is 236 g/mol. The highest BCUT2D eigenvalue weighted by Gasteiger charge is 2.15. The Balaban J connectivity index is 2.09. The van der Waals surface area contributed by atoms with Crippen LogP contribution in [0, 0.1) is 0 Å². The lowest BCUT2D eigenvalue weighted by atomic mass is 10.0. The monoisotopic (exact) mass is 260 g/mol. The Morgan fingerprint density at radius 3 is 2.89 bits per heavy atom. The lowest BCUT2D eigenvalue weighted by molar-refractivity contribution is 0.484. The molecule has 1 unspecified atom stereocenters. The molecule has 0 aromatic carbocycles. The number of unbranched alkanes of at least 4 members (excludes halogenated alkanes) is 3. The summed E-state index contributed by atoms with van der Waals surface area (Å²) in [7, 11) is 0. The minimum absolute atomic E-state index is 0.392. The van der Waals surface area contributed by atoms with Gasteiger partial charge in [-0.25, -0.2) is 4.52 Å². The molecule has 0 aliphatic heterocycles. The maximum Gasteiger partial charge on any atom is 0.0892 e. The van der Waals surface area contributed by atoms with E-state index in [1.165, 1.54) is 37.7 Å². The number of hydrogen-bond acceptors (Lipinski definition) is 3. The number of nitrogens with zero attached hydrogens (tertiary/aromatic N) is 3. The average molecular weight is 260 g/mol. The third-order valence-electron chi connectivity index (χ3n) is 3.53. The molecule has 0 aliphatic rings. The van der Waals surface area contributed by atoms with Crippen molar-refractivity contribution in [3.63, 3.8) is 0 Å². The molecule has 0 aliphatic carbocycles. The molecule has 104 valence electrons. The summed E-state index contributed by atoms with van der Waals surface area (Å²) < 4.78 is 1.90. The maximum absolute atomic E-state index is 4.40. The third kappa shape index (κ3) is 3.53. The van der Waals surface area contributed by atoms with E-state index in [-0.39, 0.29) is 0 Å². The molecule has 4 heteroatoms. The van der Waals surface area contributed by atoms with Crippen molar-refractivity contribution < 1.29 is 0 Å². The Labute approximate surface area is 115 Å². The van der Waals surface area contributed by atoms with Crippen LogP contribution in [0.15, 0.2) is 24.8 Å². The molecular formula is C15H24N4. The standard InChI is InChI=1S/C15H24N4/c1-3-5-6-7-8-14(17-4-2)13-11-18-19-10-9-16-12-15(13)19/h9-12,14,17H,3-8H2,1-2H3. The van der Waals surface area contributed by atoms with Crippen molar-refractivity contribution in [2.24, 2.45) is 0 Å². The predicted molar refractivity (Wildman–Crippen MR) is 78.2 cm³/mol. The van der Waals surface area contributed by atoms with Crippen LogP contribution in [-0.2, 0) is 0 Å². The van der Waals surface area contributed by atoms with Gasteiger partial charge in [-0.3, -0.25) is 4.98 Å². The van der Waals surface area contributed by atoms with Gasteiger partial charge in [0.25, 0.3) is 0 Å². The predicted octanol–water partition coefficient (Wildman–Crippen LogP) is 3.35. The lowest BCUT2D eigenvalue weighted by Crippen LogP contribution is -2.20. The van der Waals surface area contributed by atoms with Gasteiger partial charge in [-0.15, -0.1) is 0 Å². The van der Waals surface area contributed by atoms with E-state index in [4.69, 9.17) is 0 Å². The Morgan fingerprint density at radius 1 is 1.21 bits per heavy atom. The van der Waals surface area contributed by atoms with Gasteiger partial charge >= 0.3 is 0 Å². The second-order valence-electron chi connectivity index (χ2n) is 4.97. The first kappa shape index (κ1) is 14.0. The van der Waals surface area contributed by atoms with E-state index in [0.717, 1.165) is 12.1 Å². The molecule has 0 saturated carbocycles. The van der Waals surface area contributed by atoms with Gasteiger partial charge in [-0.1, -0.05) is 39.5 Å². The Hall–Kier alpha value is -1.42. The van der Waals surface area contributed by atoms with Gasteiger partial charge in [0.2, 0.25) is 0 Å². The van der Waals surface area contributed by atoms with Crippen LogP contribution in [0.4, 0.5) is 0 Å². The zero-order chi connectivity index (χ0) is 13.5. The molecule has 0 saturated heterocycles. The van der Waals surface area contributed by atoms with Gasteiger partial charge < -0.3 is 5.32 Å². The molecule has 19 heavy (non-hydrogen) atoms. The summed E-state index contributed by atoms with van der Waals surface area (Å²) in [4.78, 5) is 4.21. The first-order valence-electron chi connectivity index (χ1n) is 7.37. The van der Waals surface area contributed by atoms with E-state index >= 15 is 0 Å². The van der Waals surface area contributed by atoms with Crippen molar-refractivity contribution in [2.75, 3.05) is 6.54 Å². The number of nitrogens with one attached hydrogen (secondary N) is 1. The molecule has 4 nitrogen and oxygen atoms in total. The van der Waals surface area contributed by atoms with E-state index < -0.39 is 0 Å². The molecule has 0 spiro atoms. The van der Waals surface area contributed by atoms with Crippen LogP contribution in [0.1, 0.15) is 57.6 Å². The number of aromatic nitrogens is 3. The van der Waals surface area contributed by atoms with Crippen molar-refractivity contribution in [2.45, 2.75) is 52.0 Å². The first-order valence-corrected chi connectivity index (χ1v) is 7.37. The molecule has 2 rings (SSSR count). The van der Waals surface area contributed by atoms with Crippen LogP contribution in [0.2, 0.25) is 0 Å². The molecule has 0 amide bonds. The first-order chi connectivity index (χ1) is 9.36. The Morgan fingerprint density at radius 2 is 2.11 bits per heavy atom. The maximum atomic E-state index is 4.40. The summed E-state index contributed by atoms with van der Waals surface area (Å²) in [5.41, 5.74) is 2.38. The highest BCUT2D eigenvalue weighted by Crippen LogP contribution is 2.23. The molecule has 1 atom stereocenters. The van der Waals surface area contributed by atoms with Gasteiger partial charge in [0.15, 0.2) is 0 Å². The number of rotatable bonds is 8. The summed E-state index contributed by atoms with van der Waals surface area (Å²) in [6.45, 7) is 5.39. The lowest BCUT2D eigenvalue weighted by Gasteiger charge is -2.16.